The monoisotopic (exact) mass is 397 g/mol. The van der Waals surface area contributed by atoms with Crippen LogP contribution in [0.15, 0.2) is 84.9 Å². The number of carbonyl (C=O) groups is 1. The highest BCUT2D eigenvalue weighted by Gasteiger charge is 2.24. The smallest absolute Gasteiger partial charge is 0.387 e. The molecule has 3 aromatic rings. The van der Waals surface area contributed by atoms with Crippen LogP contribution in [0.4, 0.5) is 14.5 Å². The van der Waals surface area contributed by atoms with E-state index in [1.54, 1.807) is 0 Å². The second kappa shape index (κ2) is 9.80. The lowest BCUT2D eigenvalue weighted by atomic mass is 9.97. The Labute approximate surface area is 168 Å². The van der Waals surface area contributed by atoms with Gasteiger partial charge in [-0.25, -0.2) is 0 Å². The normalized spacial score (nSPS) is 12.0. The van der Waals surface area contributed by atoms with Gasteiger partial charge in [0.2, 0.25) is 0 Å². The van der Waals surface area contributed by atoms with Crippen LogP contribution in [-0.4, -0.2) is 26.1 Å². The number of carbonyl (C=O) groups excluding carboxylic acids is 1. The van der Waals surface area contributed by atoms with Crippen molar-refractivity contribution in [3.63, 3.8) is 0 Å². The summed E-state index contributed by atoms with van der Waals surface area (Å²) in [7, 11) is 1.98. The fourth-order valence-electron chi connectivity index (χ4n) is 3.33. The summed E-state index contributed by atoms with van der Waals surface area (Å²) in [5, 5.41) is 2.81. The first-order valence-corrected chi connectivity index (χ1v) is 9.30. The highest BCUT2D eigenvalue weighted by Crippen LogP contribution is 2.19. The third-order valence-corrected chi connectivity index (χ3v) is 4.56. The molecule has 1 unspecified atom stereocenters. The van der Waals surface area contributed by atoms with Gasteiger partial charge in [0.25, 0.3) is 5.91 Å². The molecule has 0 aliphatic heterocycles. The van der Waals surface area contributed by atoms with Gasteiger partial charge in [-0.15, -0.1) is 0 Å². The van der Waals surface area contributed by atoms with Gasteiger partial charge in [0.1, 0.15) is 11.8 Å². The SMILES string of the molecule is C[NH+](CC(=O)Nc1ccc(OC(F)F)cc1)C(c1ccccc1)c1ccccc1. The molecule has 3 aromatic carbocycles. The van der Waals surface area contributed by atoms with Crippen molar-refractivity contribution in [1.82, 2.24) is 0 Å². The molecule has 0 heterocycles. The van der Waals surface area contributed by atoms with E-state index < -0.39 is 6.61 Å². The van der Waals surface area contributed by atoms with Gasteiger partial charge in [-0.2, -0.15) is 8.78 Å². The number of alkyl halides is 2. The Balaban J connectivity index is 1.69. The number of hydrogen-bond donors (Lipinski definition) is 2. The zero-order valence-corrected chi connectivity index (χ0v) is 16.0. The quantitative estimate of drug-likeness (QED) is 0.611. The minimum absolute atomic E-state index is 0.00460. The van der Waals surface area contributed by atoms with Gasteiger partial charge in [0.15, 0.2) is 6.54 Å². The Morgan fingerprint density at radius 1 is 0.897 bits per heavy atom. The van der Waals surface area contributed by atoms with Crippen molar-refractivity contribution >= 4 is 11.6 Å². The fourth-order valence-corrected chi connectivity index (χ4v) is 3.33. The van der Waals surface area contributed by atoms with Crippen LogP contribution in [0.25, 0.3) is 0 Å². The van der Waals surface area contributed by atoms with E-state index in [2.05, 4.69) is 34.3 Å². The van der Waals surface area contributed by atoms with Crippen LogP contribution in [-0.2, 0) is 4.79 Å². The van der Waals surface area contributed by atoms with E-state index >= 15 is 0 Å². The van der Waals surface area contributed by atoms with E-state index in [0.29, 0.717) is 5.69 Å². The van der Waals surface area contributed by atoms with Crippen LogP contribution >= 0.6 is 0 Å². The zero-order chi connectivity index (χ0) is 20.6. The van der Waals surface area contributed by atoms with Crippen molar-refractivity contribution in [3.8, 4) is 5.75 Å². The second-order valence-electron chi connectivity index (χ2n) is 6.73. The summed E-state index contributed by atoms with van der Waals surface area (Å²) in [5.41, 5.74) is 2.77. The molecule has 3 rings (SSSR count). The van der Waals surface area contributed by atoms with Crippen molar-refractivity contribution in [3.05, 3.63) is 96.1 Å². The predicted molar refractivity (Wildman–Crippen MR) is 108 cm³/mol. The van der Waals surface area contributed by atoms with Crippen LogP contribution in [0.1, 0.15) is 17.2 Å². The molecule has 150 valence electrons. The molecule has 4 nitrogen and oxygen atoms in total. The van der Waals surface area contributed by atoms with Gasteiger partial charge in [-0.1, -0.05) is 60.7 Å². The van der Waals surface area contributed by atoms with Gasteiger partial charge >= 0.3 is 6.61 Å². The van der Waals surface area contributed by atoms with E-state index in [0.717, 1.165) is 16.0 Å². The Morgan fingerprint density at radius 3 is 1.90 bits per heavy atom. The fraction of sp³-hybridized carbons (Fsp3) is 0.174. The minimum Gasteiger partial charge on any atom is -0.435 e. The lowest BCUT2D eigenvalue weighted by Crippen LogP contribution is -3.10. The Morgan fingerprint density at radius 2 is 1.41 bits per heavy atom. The molecular weight excluding hydrogens is 374 g/mol. The van der Waals surface area contributed by atoms with E-state index in [-0.39, 0.29) is 24.2 Å². The van der Waals surface area contributed by atoms with E-state index in [1.807, 2.05) is 43.4 Å². The molecular formula is C23H23F2N2O2+. The molecule has 1 amide bonds. The molecule has 0 spiro atoms. The lowest BCUT2D eigenvalue weighted by molar-refractivity contribution is -0.897. The Kier molecular flexibility index (Phi) is 6.92. The maximum absolute atomic E-state index is 12.6. The van der Waals surface area contributed by atoms with Crippen molar-refractivity contribution < 1.29 is 23.2 Å². The Hall–Kier alpha value is -3.25. The molecule has 0 saturated carbocycles. The molecule has 29 heavy (non-hydrogen) atoms. The number of halogens is 2. The van der Waals surface area contributed by atoms with Gasteiger partial charge in [0.05, 0.1) is 7.05 Å². The molecule has 0 saturated heterocycles. The average Bonchev–Trinajstić information content (AvgIpc) is 2.71. The summed E-state index contributed by atoms with van der Waals surface area (Å²) in [6.07, 6.45) is 0. The maximum atomic E-state index is 12.6. The van der Waals surface area contributed by atoms with Crippen molar-refractivity contribution in [1.29, 1.82) is 0 Å². The summed E-state index contributed by atoms with van der Waals surface area (Å²) >= 11 is 0. The standard InChI is InChI=1S/C23H22F2N2O2/c1-27(16-21(28)26-19-12-14-20(15-13-19)29-23(24)25)22(17-8-4-2-5-9-17)18-10-6-3-7-11-18/h2-15,22-23H,16H2,1H3,(H,26,28)/p+1. The first kappa shape index (κ1) is 20.5. The number of nitrogens with one attached hydrogen (secondary N) is 2. The van der Waals surface area contributed by atoms with Crippen LogP contribution in [0.5, 0.6) is 5.75 Å². The van der Waals surface area contributed by atoms with E-state index in [1.165, 1.54) is 24.3 Å². The minimum atomic E-state index is -2.87. The molecule has 2 N–H and O–H groups in total. The highest BCUT2D eigenvalue weighted by atomic mass is 19.3. The molecule has 0 fully saturated rings. The number of benzene rings is 3. The van der Waals surface area contributed by atoms with Gasteiger partial charge in [-0.3, -0.25) is 4.79 Å². The largest absolute Gasteiger partial charge is 0.435 e. The molecule has 0 bridgehead atoms. The molecule has 1 atom stereocenters. The number of anilines is 1. The molecule has 6 heteroatoms. The maximum Gasteiger partial charge on any atom is 0.387 e. The number of amides is 1. The average molecular weight is 397 g/mol. The number of rotatable bonds is 8. The third-order valence-electron chi connectivity index (χ3n) is 4.56. The lowest BCUT2D eigenvalue weighted by Gasteiger charge is -2.25. The van der Waals surface area contributed by atoms with Gasteiger partial charge in [-0.05, 0) is 24.3 Å². The van der Waals surface area contributed by atoms with Gasteiger partial charge in [0, 0.05) is 16.8 Å². The summed E-state index contributed by atoms with van der Waals surface area (Å²) in [6, 6.07) is 26.0. The van der Waals surface area contributed by atoms with Crippen LogP contribution in [0.2, 0.25) is 0 Å². The third kappa shape index (κ3) is 5.86. The second-order valence-corrected chi connectivity index (χ2v) is 6.73. The first-order chi connectivity index (χ1) is 14.0. The number of quaternary nitrogens is 1. The summed E-state index contributed by atoms with van der Waals surface area (Å²) in [5.74, 6) is -0.115. The molecule has 0 radical (unpaired) electrons. The zero-order valence-electron chi connectivity index (χ0n) is 16.0. The summed E-state index contributed by atoms with van der Waals surface area (Å²) in [4.78, 5) is 13.6. The van der Waals surface area contributed by atoms with E-state index in [9.17, 15) is 13.6 Å². The first-order valence-electron chi connectivity index (χ1n) is 9.30. The number of ether oxygens (including phenoxy) is 1. The summed E-state index contributed by atoms with van der Waals surface area (Å²) < 4.78 is 28.8. The van der Waals surface area contributed by atoms with Crippen molar-refractivity contribution in [2.75, 3.05) is 18.9 Å². The number of hydrogen-bond acceptors (Lipinski definition) is 2. The molecule has 0 aromatic heterocycles. The summed E-state index contributed by atoms with van der Waals surface area (Å²) in [6.45, 7) is -2.63. The molecule has 0 aliphatic rings. The number of likely N-dealkylation sites (N-methyl/N-ethyl adjacent to an activating group) is 1. The Bertz CT molecular complexity index is 864. The highest BCUT2D eigenvalue weighted by molar-refractivity contribution is 5.91. The predicted octanol–water partition coefficient (Wildman–Crippen LogP) is 3.53. The van der Waals surface area contributed by atoms with Crippen LogP contribution < -0.4 is 15.0 Å². The van der Waals surface area contributed by atoms with E-state index in [4.69, 9.17) is 0 Å². The van der Waals surface area contributed by atoms with Crippen molar-refractivity contribution in [2.24, 2.45) is 0 Å². The topological polar surface area (TPSA) is 42.8 Å². The van der Waals surface area contributed by atoms with Crippen LogP contribution in [0, 0.1) is 0 Å². The molecule has 0 aliphatic carbocycles. The van der Waals surface area contributed by atoms with Crippen LogP contribution in [0.3, 0.4) is 0 Å². The van der Waals surface area contributed by atoms with Crippen molar-refractivity contribution in [2.45, 2.75) is 12.7 Å². The van der Waals surface area contributed by atoms with Gasteiger partial charge < -0.3 is 15.0 Å².